The minimum atomic E-state index is -0.871. The van der Waals surface area contributed by atoms with Crippen LogP contribution in [0.3, 0.4) is 0 Å². The molecule has 4 nitrogen and oxygen atoms in total. The summed E-state index contributed by atoms with van der Waals surface area (Å²) in [6.07, 6.45) is -0.871. The topological polar surface area (TPSA) is 55.8 Å². The maximum absolute atomic E-state index is 11.8. The van der Waals surface area contributed by atoms with Crippen LogP contribution in [0.4, 0.5) is 0 Å². The molecule has 0 aromatic heterocycles. The number of carbonyl (C=O) groups excluding carboxylic acids is 1. The largest absolute Gasteiger partial charge is 0.469 e. The molecule has 19 heavy (non-hydrogen) atoms. The molecule has 4 heteroatoms. The predicted octanol–water partition coefficient (Wildman–Crippen LogP) is 2.31. The second-order valence-corrected chi connectivity index (χ2v) is 4.92. The van der Waals surface area contributed by atoms with Gasteiger partial charge in [-0.2, -0.15) is 0 Å². The van der Waals surface area contributed by atoms with Crippen molar-refractivity contribution in [2.24, 2.45) is 11.8 Å². The first kappa shape index (κ1) is 15.7. The Kier molecular flexibility index (Phi) is 5.99. The van der Waals surface area contributed by atoms with Crippen LogP contribution < -0.4 is 0 Å². The van der Waals surface area contributed by atoms with Crippen molar-refractivity contribution >= 4 is 5.97 Å². The van der Waals surface area contributed by atoms with Gasteiger partial charge < -0.3 is 14.6 Å². The van der Waals surface area contributed by atoms with Gasteiger partial charge in [0.05, 0.1) is 25.7 Å². The second kappa shape index (κ2) is 7.26. The average Bonchev–Trinajstić information content (AvgIpc) is 2.39. The number of hydrogen-bond donors (Lipinski definition) is 1. The molecule has 1 aromatic rings. The SMILES string of the molecule is COCc1cccc(C(O)C(C(=O)OC)C(C)C)c1. The van der Waals surface area contributed by atoms with Crippen LogP contribution in [0.1, 0.15) is 31.1 Å². The first-order valence-electron chi connectivity index (χ1n) is 6.35. The third-order valence-electron chi connectivity index (χ3n) is 3.14. The van der Waals surface area contributed by atoms with Crippen LogP contribution in [0.15, 0.2) is 24.3 Å². The third kappa shape index (κ3) is 4.04. The predicted molar refractivity (Wildman–Crippen MR) is 72.5 cm³/mol. The van der Waals surface area contributed by atoms with Crippen molar-refractivity contribution in [3.8, 4) is 0 Å². The highest BCUT2D eigenvalue weighted by Crippen LogP contribution is 2.29. The minimum Gasteiger partial charge on any atom is -0.469 e. The number of hydrogen-bond acceptors (Lipinski definition) is 4. The van der Waals surface area contributed by atoms with Crippen molar-refractivity contribution in [3.63, 3.8) is 0 Å². The van der Waals surface area contributed by atoms with Crippen LogP contribution in [0.25, 0.3) is 0 Å². The molecule has 0 saturated heterocycles. The molecule has 2 atom stereocenters. The van der Waals surface area contributed by atoms with Gasteiger partial charge in [0.2, 0.25) is 0 Å². The standard InChI is InChI=1S/C15H22O4/c1-10(2)13(15(17)19-4)14(16)12-7-5-6-11(8-12)9-18-3/h5-8,10,13-14,16H,9H2,1-4H3. The van der Waals surface area contributed by atoms with E-state index in [-0.39, 0.29) is 11.9 Å². The number of aliphatic hydroxyl groups is 1. The van der Waals surface area contributed by atoms with Crippen molar-refractivity contribution < 1.29 is 19.4 Å². The summed E-state index contributed by atoms with van der Waals surface area (Å²) in [5.41, 5.74) is 1.67. The molecule has 1 N–H and O–H groups in total. The van der Waals surface area contributed by atoms with E-state index in [2.05, 4.69) is 0 Å². The number of methoxy groups -OCH3 is 2. The van der Waals surface area contributed by atoms with Crippen LogP contribution in [0.5, 0.6) is 0 Å². The van der Waals surface area contributed by atoms with E-state index in [4.69, 9.17) is 9.47 Å². The first-order valence-corrected chi connectivity index (χ1v) is 6.35. The molecule has 0 fully saturated rings. The van der Waals surface area contributed by atoms with Gasteiger partial charge in [-0.3, -0.25) is 4.79 Å². The van der Waals surface area contributed by atoms with Gasteiger partial charge >= 0.3 is 5.97 Å². The quantitative estimate of drug-likeness (QED) is 0.803. The molecule has 2 unspecified atom stereocenters. The summed E-state index contributed by atoms with van der Waals surface area (Å²) in [4.78, 5) is 11.8. The Morgan fingerprint density at radius 2 is 2.00 bits per heavy atom. The summed E-state index contributed by atoms with van der Waals surface area (Å²) >= 11 is 0. The lowest BCUT2D eigenvalue weighted by Crippen LogP contribution is -2.28. The molecule has 0 aliphatic heterocycles. The molecule has 0 spiro atoms. The molecular formula is C15H22O4. The lowest BCUT2D eigenvalue weighted by atomic mass is 9.86. The molecule has 0 heterocycles. The Bertz CT molecular complexity index is 414. The summed E-state index contributed by atoms with van der Waals surface area (Å²) in [7, 11) is 2.96. The number of ether oxygens (including phenoxy) is 2. The van der Waals surface area contributed by atoms with Crippen LogP contribution in [0.2, 0.25) is 0 Å². The minimum absolute atomic E-state index is 0.00599. The Hall–Kier alpha value is -1.39. The van der Waals surface area contributed by atoms with Gasteiger partial charge in [0, 0.05) is 7.11 Å². The van der Waals surface area contributed by atoms with Crippen LogP contribution in [0, 0.1) is 11.8 Å². The summed E-state index contributed by atoms with van der Waals surface area (Å²) < 4.78 is 9.84. The van der Waals surface area contributed by atoms with Gasteiger partial charge in [-0.25, -0.2) is 0 Å². The number of benzene rings is 1. The van der Waals surface area contributed by atoms with E-state index in [0.29, 0.717) is 12.2 Å². The molecule has 0 amide bonds. The van der Waals surface area contributed by atoms with Crippen molar-refractivity contribution in [3.05, 3.63) is 35.4 Å². The fraction of sp³-hybridized carbons (Fsp3) is 0.533. The number of aliphatic hydroxyl groups excluding tert-OH is 1. The zero-order chi connectivity index (χ0) is 14.4. The van der Waals surface area contributed by atoms with E-state index in [1.165, 1.54) is 7.11 Å². The Balaban J connectivity index is 2.98. The van der Waals surface area contributed by atoms with Crippen LogP contribution in [-0.4, -0.2) is 25.3 Å². The molecule has 0 aliphatic carbocycles. The number of carbonyl (C=O) groups is 1. The van der Waals surface area contributed by atoms with E-state index in [1.807, 2.05) is 38.1 Å². The smallest absolute Gasteiger partial charge is 0.311 e. The molecule has 1 aromatic carbocycles. The fourth-order valence-electron chi connectivity index (χ4n) is 2.14. The van der Waals surface area contributed by atoms with Crippen molar-refractivity contribution in [1.82, 2.24) is 0 Å². The summed E-state index contributed by atoms with van der Waals surface area (Å²) in [5.74, 6) is -0.962. The maximum Gasteiger partial charge on any atom is 0.311 e. The van der Waals surface area contributed by atoms with E-state index >= 15 is 0 Å². The van der Waals surface area contributed by atoms with Crippen molar-refractivity contribution in [1.29, 1.82) is 0 Å². The lowest BCUT2D eigenvalue weighted by Gasteiger charge is -2.24. The van der Waals surface area contributed by atoms with Gasteiger partial charge in [-0.15, -0.1) is 0 Å². The van der Waals surface area contributed by atoms with Crippen molar-refractivity contribution in [2.75, 3.05) is 14.2 Å². The number of esters is 1. The van der Waals surface area contributed by atoms with E-state index in [9.17, 15) is 9.90 Å². The van der Waals surface area contributed by atoms with E-state index in [1.54, 1.807) is 7.11 Å². The van der Waals surface area contributed by atoms with Crippen molar-refractivity contribution in [2.45, 2.75) is 26.6 Å². The average molecular weight is 266 g/mol. The second-order valence-electron chi connectivity index (χ2n) is 4.92. The molecule has 1 rings (SSSR count). The Morgan fingerprint density at radius 1 is 1.32 bits per heavy atom. The fourth-order valence-corrected chi connectivity index (χ4v) is 2.14. The number of rotatable bonds is 6. The third-order valence-corrected chi connectivity index (χ3v) is 3.14. The van der Waals surface area contributed by atoms with Gasteiger partial charge in [0.15, 0.2) is 0 Å². The zero-order valence-electron chi connectivity index (χ0n) is 11.9. The molecule has 106 valence electrons. The highest BCUT2D eigenvalue weighted by atomic mass is 16.5. The maximum atomic E-state index is 11.8. The molecule has 0 bridgehead atoms. The zero-order valence-corrected chi connectivity index (χ0v) is 11.9. The van der Waals surface area contributed by atoms with E-state index in [0.717, 1.165) is 5.56 Å². The monoisotopic (exact) mass is 266 g/mol. The Labute approximate surface area is 114 Å². The summed E-state index contributed by atoms with van der Waals surface area (Å²) in [6.45, 7) is 4.26. The molecular weight excluding hydrogens is 244 g/mol. The molecule has 0 aliphatic rings. The van der Waals surface area contributed by atoms with Gasteiger partial charge in [-0.1, -0.05) is 38.1 Å². The van der Waals surface area contributed by atoms with Crippen LogP contribution >= 0.6 is 0 Å². The van der Waals surface area contributed by atoms with Gasteiger partial charge in [-0.05, 0) is 17.0 Å². The molecule has 0 saturated carbocycles. The van der Waals surface area contributed by atoms with E-state index < -0.39 is 12.0 Å². The molecule has 0 radical (unpaired) electrons. The summed E-state index contributed by atoms with van der Waals surface area (Å²) in [5, 5.41) is 10.4. The van der Waals surface area contributed by atoms with Gasteiger partial charge in [0.25, 0.3) is 0 Å². The van der Waals surface area contributed by atoms with Crippen LogP contribution in [-0.2, 0) is 20.9 Å². The normalized spacial score (nSPS) is 14.2. The highest BCUT2D eigenvalue weighted by molar-refractivity contribution is 5.73. The van der Waals surface area contributed by atoms with Gasteiger partial charge in [0.1, 0.15) is 0 Å². The highest BCUT2D eigenvalue weighted by Gasteiger charge is 2.31. The first-order chi connectivity index (χ1) is 9.01. The summed E-state index contributed by atoms with van der Waals surface area (Å²) in [6, 6.07) is 7.43. The lowest BCUT2D eigenvalue weighted by molar-refractivity contribution is -0.152. The Morgan fingerprint density at radius 3 is 2.53 bits per heavy atom.